The molecule has 2 fully saturated rings. The maximum Gasteiger partial charge on any atom is 0.225 e. The summed E-state index contributed by atoms with van der Waals surface area (Å²) < 4.78 is 3.01. The number of nitrogens with one attached hydrogen (secondary N) is 1. The van der Waals surface area contributed by atoms with Crippen LogP contribution in [0.1, 0.15) is 45.1 Å². The van der Waals surface area contributed by atoms with E-state index < -0.39 is 0 Å². The van der Waals surface area contributed by atoms with Crippen LogP contribution < -0.4 is 4.90 Å². The van der Waals surface area contributed by atoms with Crippen molar-refractivity contribution < 1.29 is 0 Å². The summed E-state index contributed by atoms with van der Waals surface area (Å²) in [4.78, 5) is 2.38. The molecule has 94 valence electrons. The molecule has 0 radical (unpaired) electrons. The van der Waals surface area contributed by atoms with E-state index in [2.05, 4.69) is 26.6 Å². The topological polar surface area (TPSA) is 36.9 Å². The highest BCUT2D eigenvalue weighted by Crippen LogP contribution is 2.38. The van der Waals surface area contributed by atoms with Crippen molar-refractivity contribution >= 4 is 18.2 Å². The second kappa shape index (κ2) is 4.44. The number of hydrogen-bond donors (Lipinski definition) is 1. The van der Waals surface area contributed by atoms with Crippen molar-refractivity contribution in [1.29, 1.82) is 0 Å². The summed E-state index contributed by atoms with van der Waals surface area (Å²) in [6, 6.07) is 0.603. The highest BCUT2D eigenvalue weighted by Gasteiger charge is 2.30. The third kappa shape index (κ3) is 2.12. The summed E-state index contributed by atoms with van der Waals surface area (Å²) >= 11 is 5.33. The van der Waals surface area contributed by atoms with Gasteiger partial charge in [-0.15, -0.1) is 5.10 Å². The number of nitrogens with zero attached hydrogens (tertiary/aromatic N) is 3. The number of rotatable bonds is 5. The van der Waals surface area contributed by atoms with Gasteiger partial charge < -0.3 is 4.90 Å². The van der Waals surface area contributed by atoms with Crippen molar-refractivity contribution in [3.63, 3.8) is 0 Å². The Kier molecular flexibility index (Phi) is 2.94. The van der Waals surface area contributed by atoms with Crippen LogP contribution in [0.2, 0.25) is 0 Å². The molecule has 17 heavy (non-hydrogen) atoms. The quantitative estimate of drug-likeness (QED) is 0.819. The predicted octanol–water partition coefficient (Wildman–Crippen LogP) is 2.90. The molecule has 0 saturated heterocycles. The summed E-state index contributed by atoms with van der Waals surface area (Å²) in [6.07, 6.45) is 6.66. The third-order valence-electron chi connectivity index (χ3n) is 3.97. The van der Waals surface area contributed by atoms with Gasteiger partial charge in [0.15, 0.2) is 4.77 Å². The normalized spacial score (nSPS) is 20.3. The van der Waals surface area contributed by atoms with Crippen molar-refractivity contribution in [2.24, 2.45) is 5.92 Å². The number of aromatic amines is 1. The molecule has 0 spiro atoms. The Bertz CT molecular complexity index is 442. The van der Waals surface area contributed by atoms with Crippen LogP contribution >= 0.6 is 12.2 Å². The minimum atomic E-state index is 0.603. The van der Waals surface area contributed by atoms with Gasteiger partial charge in [-0.05, 0) is 50.7 Å². The van der Waals surface area contributed by atoms with E-state index in [0.29, 0.717) is 6.04 Å². The number of H-pyrrole nitrogens is 1. The minimum absolute atomic E-state index is 0.603. The Balaban J connectivity index is 1.82. The van der Waals surface area contributed by atoms with Crippen LogP contribution in [0.25, 0.3) is 0 Å². The van der Waals surface area contributed by atoms with Gasteiger partial charge in [0, 0.05) is 19.1 Å². The first-order valence-corrected chi connectivity index (χ1v) is 7.12. The third-order valence-corrected chi connectivity index (χ3v) is 4.25. The van der Waals surface area contributed by atoms with Gasteiger partial charge in [-0.2, -0.15) is 0 Å². The number of aromatic nitrogens is 3. The molecule has 1 N–H and O–H groups in total. The van der Waals surface area contributed by atoms with Gasteiger partial charge in [-0.3, -0.25) is 4.57 Å². The monoisotopic (exact) mass is 252 g/mol. The molecular formula is C12H20N4S. The lowest BCUT2D eigenvalue weighted by Crippen LogP contribution is -2.34. The molecule has 0 aromatic carbocycles. The Labute approximate surface area is 107 Å². The van der Waals surface area contributed by atoms with Crippen LogP contribution in [-0.4, -0.2) is 27.9 Å². The van der Waals surface area contributed by atoms with Crippen LogP contribution in [-0.2, 0) is 0 Å². The summed E-state index contributed by atoms with van der Waals surface area (Å²) in [5.41, 5.74) is 0. The van der Waals surface area contributed by atoms with E-state index in [4.69, 9.17) is 12.2 Å². The van der Waals surface area contributed by atoms with E-state index in [9.17, 15) is 0 Å². The van der Waals surface area contributed by atoms with E-state index in [1.807, 2.05) is 0 Å². The Morgan fingerprint density at radius 2 is 2.18 bits per heavy atom. The van der Waals surface area contributed by atoms with Crippen LogP contribution in [0.4, 0.5) is 5.95 Å². The van der Waals surface area contributed by atoms with Gasteiger partial charge in [0.1, 0.15) is 0 Å². The van der Waals surface area contributed by atoms with Crippen molar-refractivity contribution in [3.8, 4) is 0 Å². The van der Waals surface area contributed by atoms with Crippen LogP contribution in [0, 0.1) is 10.7 Å². The van der Waals surface area contributed by atoms with Crippen LogP contribution in [0.3, 0.4) is 0 Å². The summed E-state index contributed by atoms with van der Waals surface area (Å²) in [6.45, 7) is 4.36. The van der Waals surface area contributed by atoms with E-state index >= 15 is 0 Å². The van der Waals surface area contributed by atoms with E-state index in [-0.39, 0.29) is 0 Å². The van der Waals surface area contributed by atoms with Crippen LogP contribution in [0.15, 0.2) is 0 Å². The number of hydrogen-bond acceptors (Lipinski definition) is 3. The fraction of sp³-hybridized carbons (Fsp3) is 0.833. The molecule has 4 nitrogen and oxygen atoms in total. The van der Waals surface area contributed by atoms with Gasteiger partial charge in [0.25, 0.3) is 0 Å². The molecule has 0 amide bonds. The molecule has 0 aliphatic heterocycles. The van der Waals surface area contributed by atoms with Gasteiger partial charge in [-0.1, -0.05) is 6.42 Å². The van der Waals surface area contributed by atoms with Crippen molar-refractivity contribution in [2.45, 2.75) is 45.1 Å². The molecule has 3 rings (SSSR count). The minimum Gasteiger partial charge on any atom is -0.341 e. The molecule has 1 aromatic heterocycles. The van der Waals surface area contributed by atoms with Gasteiger partial charge in [-0.25, -0.2) is 5.10 Å². The molecule has 2 aliphatic rings. The van der Waals surface area contributed by atoms with E-state index in [1.165, 1.54) is 32.1 Å². The molecule has 2 saturated carbocycles. The second-order valence-electron chi connectivity index (χ2n) is 5.27. The molecule has 0 unspecified atom stereocenters. The smallest absolute Gasteiger partial charge is 0.225 e. The first kappa shape index (κ1) is 11.3. The highest BCUT2D eigenvalue weighted by atomic mass is 32.1. The molecule has 1 aromatic rings. The van der Waals surface area contributed by atoms with E-state index in [1.54, 1.807) is 0 Å². The lowest BCUT2D eigenvalue weighted by atomic mass is 9.85. The molecule has 5 heteroatoms. The lowest BCUT2D eigenvalue weighted by molar-refractivity contribution is 0.316. The van der Waals surface area contributed by atoms with E-state index in [0.717, 1.165) is 29.7 Å². The number of anilines is 1. The maximum absolute atomic E-state index is 5.33. The predicted molar refractivity (Wildman–Crippen MR) is 70.9 cm³/mol. The lowest BCUT2D eigenvalue weighted by Gasteiger charge is -2.32. The van der Waals surface area contributed by atoms with Crippen molar-refractivity contribution in [1.82, 2.24) is 14.8 Å². The molecular weight excluding hydrogens is 232 g/mol. The van der Waals surface area contributed by atoms with Crippen molar-refractivity contribution in [2.75, 3.05) is 18.0 Å². The standard InChI is InChI=1S/C12H20N4S/c1-2-15(8-9-4-3-5-9)11-13-14-12(17)16(11)10-6-7-10/h9-10H,2-8H2,1H3,(H,14,17). The fourth-order valence-electron chi connectivity index (χ4n) is 2.52. The Morgan fingerprint density at radius 3 is 2.71 bits per heavy atom. The zero-order valence-electron chi connectivity index (χ0n) is 10.4. The zero-order chi connectivity index (χ0) is 11.8. The average Bonchev–Trinajstić information content (AvgIpc) is 3.02. The van der Waals surface area contributed by atoms with Gasteiger partial charge in [0.05, 0.1) is 0 Å². The van der Waals surface area contributed by atoms with Gasteiger partial charge in [0.2, 0.25) is 5.95 Å². The summed E-state index contributed by atoms with van der Waals surface area (Å²) in [5, 5.41) is 7.39. The molecule has 0 bridgehead atoms. The molecule has 0 atom stereocenters. The maximum atomic E-state index is 5.33. The average molecular weight is 252 g/mol. The second-order valence-corrected chi connectivity index (χ2v) is 5.65. The first-order chi connectivity index (χ1) is 8.29. The first-order valence-electron chi connectivity index (χ1n) is 6.71. The largest absolute Gasteiger partial charge is 0.341 e. The SMILES string of the molecule is CCN(CC1CCC1)c1n[nH]c(=S)n1C1CC1. The zero-order valence-corrected chi connectivity index (χ0v) is 11.2. The summed E-state index contributed by atoms with van der Waals surface area (Å²) in [7, 11) is 0. The van der Waals surface area contributed by atoms with Crippen LogP contribution in [0.5, 0.6) is 0 Å². The highest BCUT2D eigenvalue weighted by molar-refractivity contribution is 7.71. The fourth-order valence-corrected chi connectivity index (χ4v) is 2.80. The van der Waals surface area contributed by atoms with Crippen molar-refractivity contribution in [3.05, 3.63) is 4.77 Å². The summed E-state index contributed by atoms with van der Waals surface area (Å²) in [5.74, 6) is 1.93. The van der Waals surface area contributed by atoms with Gasteiger partial charge >= 0.3 is 0 Å². The molecule has 1 heterocycles. The Morgan fingerprint density at radius 1 is 1.41 bits per heavy atom. The Hall–Kier alpha value is -0.840. The molecule has 2 aliphatic carbocycles.